The lowest BCUT2D eigenvalue weighted by Gasteiger charge is -2.12. The Hall–Kier alpha value is 0.290. The molecule has 0 aromatic heterocycles. The number of hydrogen-bond acceptors (Lipinski definition) is 0. The van der Waals surface area contributed by atoms with Gasteiger partial charge in [-0.2, -0.15) is 0 Å². The van der Waals surface area contributed by atoms with Crippen molar-refractivity contribution in [2.75, 3.05) is 0 Å². The van der Waals surface area contributed by atoms with Crippen LogP contribution in [-0.4, -0.2) is 5.38 Å². The third-order valence-electron chi connectivity index (χ3n) is 3.61. The first kappa shape index (κ1) is 5.01. The Morgan fingerprint density at radius 2 is 1.78 bits per heavy atom. The molecule has 0 aromatic carbocycles. The number of fused-ring (bicyclic) bond motifs is 5. The van der Waals surface area contributed by atoms with Gasteiger partial charge in [-0.3, -0.25) is 0 Å². The van der Waals surface area contributed by atoms with Crippen molar-refractivity contribution < 1.29 is 0 Å². The molecule has 50 valence electrons. The molecule has 0 aromatic rings. The van der Waals surface area contributed by atoms with E-state index in [0.29, 0.717) is 5.38 Å². The standard InChI is InChI=1S/C8H11Cl/c9-8-2-4-1-7(8)6-3-5(4)6/h4-8H,1-3H2/t4-,5-,6-,7-,8+/m1/s1. The molecule has 0 nitrogen and oxygen atoms in total. The Morgan fingerprint density at radius 3 is 2.33 bits per heavy atom. The summed E-state index contributed by atoms with van der Waals surface area (Å²) >= 11 is 6.13. The van der Waals surface area contributed by atoms with Gasteiger partial charge >= 0.3 is 0 Å². The summed E-state index contributed by atoms with van der Waals surface area (Å²) in [5.41, 5.74) is 0. The Morgan fingerprint density at radius 1 is 0.889 bits per heavy atom. The molecule has 5 atom stereocenters. The summed E-state index contributed by atoms with van der Waals surface area (Å²) in [6, 6.07) is 0. The number of hydrogen-bond donors (Lipinski definition) is 0. The molecule has 3 saturated carbocycles. The summed E-state index contributed by atoms with van der Waals surface area (Å²) < 4.78 is 0. The lowest BCUT2D eigenvalue weighted by atomic mass is 10.0. The number of rotatable bonds is 0. The average Bonchev–Trinajstić information content (AvgIpc) is 2.46. The molecule has 0 spiro atoms. The molecule has 0 unspecified atom stereocenters. The Bertz CT molecular complexity index is 151. The Balaban J connectivity index is 1.96. The van der Waals surface area contributed by atoms with Crippen LogP contribution in [0.2, 0.25) is 0 Å². The van der Waals surface area contributed by atoms with Crippen molar-refractivity contribution in [3.8, 4) is 0 Å². The second-order valence-corrected chi connectivity index (χ2v) is 4.54. The molecule has 0 radical (unpaired) electrons. The molecular weight excluding hydrogens is 132 g/mol. The van der Waals surface area contributed by atoms with Crippen molar-refractivity contribution in [2.45, 2.75) is 24.6 Å². The van der Waals surface area contributed by atoms with Crippen LogP contribution in [0.5, 0.6) is 0 Å². The van der Waals surface area contributed by atoms with Crippen molar-refractivity contribution in [1.29, 1.82) is 0 Å². The molecule has 0 N–H and O–H groups in total. The second kappa shape index (κ2) is 1.32. The maximum absolute atomic E-state index is 6.13. The van der Waals surface area contributed by atoms with E-state index in [1.165, 1.54) is 19.3 Å². The third kappa shape index (κ3) is 0.475. The molecule has 0 saturated heterocycles. The summed E-state index contributed by atoms with van der Waals surface area (Å²) in [7, 11) is 0. The highest BCUT2D eigenvalue weighted by Gasteiger charge is 2.60. The molecule has 3 aliphatic rings. The minimum absolute atomic E-state index is 0.568. The fourth-order valence-electron chi connectivity index (χ4n) is 3.12. The van der Waals surface area contributed by atoms with Crippen LogP contribution in [0.4, 0.5) is 0 Å². The minimum Gasteiger partial charge on any atom is -0.123 e. The lowest BCUT2D eigenvalue weighted by Crippen LogP contribution is -2.11. The second-order valence-electron chi connectivity index (χ2n) is 3.97. The van der Waals surface area contributed by atoms with Crippen molar-refractivity contribution in [1.82, 2.24) is 0 Å². The van der Waals surface area contributed by atoms with Gasteiger partial charge in [0, 0.05) is 5.38 Å². The summed E-state index contributed by atoms with van der Waals surface area (Å²) in [6.45, 7) is 0. The first-order valence-corrected chi connectivity index (χ1v) is 4.44. The van der Waals surface area contributed by atoms with Gasteiger partial charge in [0.05, 0.1) is 0 Å². The van der Waals surface area contributed by atoms with Crippen molar-refractivity contribution in [3.05, 3.63) is 0 Å². The molecule has 1 heteroatoms. The number of alkyl halides is 1. The summed E-state index contributed by atoms with van der Waals surface area (Å²) in [6.07, 6.45) is 4.34. The maximum Gasteiger partial charge on any atom is 0.0369 e. The van der Waals surface area contributed by atoms with Crippen molar-refractivity contribution >= 4 is 11.6 Å². The Kier molecular flexibility index (Phi) is 0.733. The molecule has 9 heavy (non-hydrogen) atoms. The van der Waals surface area contributed by atoms with E-state index in [1.807, 2.05) is 0 Å². The van der Waals surface area contributed by atoms with Gasteiger partial charge in [-0.1, -0.05) is 0 Å². The van der Waals surface area contributed by atoms with Gasteiger partial charge in [0.15, 0.2) is 0 Å². The highest BCUT2D eigenvalue weighted by atomic mass is 35.5. The highest BCUT2D eigenvalue weighted by molar-refractivity contribution is 6.21. The minimum atomic E-state index is 0.568. The molecule has 0 amide bonds. The van der Waals surface area contributed by atoms with Gasteiger partial charge in [-0.25, -0.2) is 0 Å². The van der Waals surface area contributed by atoms with E-state index in [-0.39, 0.29) is 0 Å². The van der Waals surface area contributed by atoms with E-state index in [2.05, 4.69) is 0 Å². The van der Waals surface area contributed by atoms with E-state index in [1.54, 1.807) is 0 Å². The first-order chi connectivity index (χ1) is 4.36. The zero-order valence-electron chi connectivity index (χ0n) is 5.39. The molecule has 2 bridgehead atoms. The van der Waals surface area contributed by atoms with E-state index < -0.39 is 0 Å². The fourth-order valence-corrected chi connectivity index (χ4v) is 3.64. The van der Waals surface area contributed by atoms with Crippen LogP contribution in [-0.2, 0) is 0 Å². The highest BCUT2D eigenvalue weighted by Crippen LogP contribution is 2.66. The normalized spacial score (nSPS) is 68.3. The number of halogens is 1. The van der Waals surface area contributed by atoms with Crippen molar-refractivity contribution in [2.24, 2.45) is 23.7 Å². The third-order valence-corrected chi connectivity index (χ3v) is 4.12. The van der Waals surface area contributed by atoms with Crippen LogP contribution in [0.25, 0.3) is 0 Å². The lowest BCUT2D eigenvalue weighted by molar-refractivity contribution is 0.463. The fraction of sp³-hybridized carbons (Fsp3) is 1.00. The zero-order chi connectivity index (χ0) is 6.01. The monoisotopic (exact) mass is 142 g/mol. The maximum atomic E-state index is 6.13. The SMILES string of the molecule is Cl[C@H]1C[C@H]2C[C@@H]1[C@@H]1C[C@H]21. The van der Waals surface area contributed by atoms with Gasteiger partial charge < -0.3 is 0 Å². The van der Waals surface area contributed by atoms with Gasteiger partial charge in [-0.05, 0) is 42.9 Å². The smallest absolute Gasteiger partial charge is 0.0369 e. The molecule has 3 aliphatic carbocycles. The van der Waals surface area contributed by atoms with Crippen molar-refractivity contribution in [3.63, 3.8) is 0 Å². The van der Waals surface area contributed by atoms with Gasteiger partial charge in [0.2, 0.25) is 0 Å². The molecule has 3 rings (SSSR count). The van der Waals surface area contributed by atoms with Crippen LogP contribution in [0.15, 0.2) is 0 Å². The predicted molar refractivity (Wildman–Crippen MR) is 37.5 cm³/mol. The van der Waals surface area contributed by atoms with Crippen LogP contribution in [0.3, 0.4) is 0 Å². The predicted octanol–water partition coefficient (Wildman–Crippen LogP) is 2.27. The van der Waals surface area contributed by atoms with E-state index in [0.717, 1.165) is 23.7 Å². The molecule has 3 fully saturated rings. The summed E-state index contributed by atoms with van der Waals surface area (Å²) in [4.78, 5) is 0. The zero-order valence-corrected chi connectivity index (χ0v) is 6.14. The van der Waals surface area contributed by atoms with Gasteiger partial charge in [-0.15, -0.1) is 11.6 Å². The van der Waals surface area contributed by atoms with Crippen LogP contribution in [0, 0.1) is 23.7 Å². The Labute approximate surface area is 60.6 Å². The average molecular weight is 143 g/mol. The van der Waals surface area contributed by atoms with Crippen LogP contribution in [0.1, 0.15) is 19.3 Å². The van der Waals surface area contributed by atoms with E-state index >= 15 is 0 Å². The molecule has 0 aliphatic heterocycles. The molecular formula is C8H11Cl. The topological polar surface area (TPSA) is 0 Å². The van der Waals surface area contributed by atoms with E-state index in [4.69, 9.17) is 11.6 Å². The van der Waals surface area contributed by atoms with Crippen LogP contribution >= 0.6 is 11.6 Å². The van der Waals surface area contributed by atoms with E-state index in [9.17, 15) is 0 Å². The molecule has 0 heterocycles. The largest absolute Gasteiger partial charge is 0.123 e. The van der Waals surface area contributed by atoms with Crippen LogP contribution < -0.4 is 0 Å². The summed E-state index contributed by atoms with van der Waals surface area (Å²) in [5, 5.41) is 0.568. The first-order valence-electron chi connectivity index (χ1n) is 4.00. The summed E-state index contributed by atoms with van der Waals surface area (Å²) in [5.74, 6) is 4.24. The quantitative estimate of drug-likeness (QED) is 0.456. The van der Waals surface area contributed by atoms with Gasteiger partial charge in [0.1, 0.15) is 0 Å². The van der Waals surface area contributed by atoms with Gasteiger partial charge in [0.25, 0.3) is 0 Å².